The molecule has 1 N–H and O–H groups in total. The lowest BCUT2D eigenvalue weighted by Gasteiger charge is -2.30. The molecule has 10 heteroatoms. The second kappa shape index (κ2) is 9.27. The van der Waals surface area contributed by atoms with Crippen LogP contribution >= 0.6 is 0 Å². The van der Waals surface area contributed by atoms with Gasteiger partial charge in [0.1, 0.15) is 23.9 Å². The molecule has 2 aliphatic carbocycles. The largest absolute Gasteiger partial charge is 0.441 e. The Labute approximate surface area is 236 Å². The fourth-order valence-corrected chi connectivity index (χ4v) is 6.73. The van der Waals surface area contributed by atoms with Crippen molar-refractivity contribution in [2.75, 3.05) is 14.1 Å². The standard InChI is InChI=1S/C31H28N8O2/c1-4-23-24(21-15-20-7-5-6-8-22(20)33-16-21)25-26(36-19-38(2)3)34-18-35-27(25)39(23)31-11-9-30(17-31,10-12-31)37-28(40)29-32-13-14-41-29/h1,5-8,13-16,18-19H,9-12,17H2,2-3H3,(H,37,40). The van der Waals surface area contributed by atoms with Gasteiger partial charge in [0, 0.05) is 47.9 Å². The highest BCUT2D eigenvalue weighted by Crippen LogP contribution is 2.57. The molecule has 2 bridgehead atoms. The molecule has 7 rings (SSSR count). The summed E-state index contributed by atoms with van der Waals surface area (Å²) in [7, 11) is 3.83. The normalized spacial score (nSPS) is 21.6. The number of benzene rings is 1. The van der Waals surface area contributed by atoms with Gasteiger partial charge in [0.15, 0.2) is 5.82 Å². The first-order valence-electron chi connectivity index (χ1n) is 13.6. The van der Waals surface area contributed by atoms with E-state index < -0.39 is 0 Å². The van der Waals surface area contributed by atoms with E-state index >= 15 is 0 Å². The minimum Gasteiger partial charge on any atom is -0.441 e. The predicted octanol–water partition coefficient (Wildman–Crippen LogP) is 4.68. The molecule has 2 fully saturated rings. The van der Waals surface area contributed by atoms with E-state index in [9.17, 15) is 4.79 Å². The second-order valence-electron chi connectivity index (χ2n) is 11.2. The van der Waals surface area contributed by atoms with Crippen LogP contribution in [0.4, 0.5) is 5.82 Å². The highest BCUT2D eigenvalue weighted by molar-refractivity contribution is 6.05. The summed E-state index contributed by atoms with van der Waals surface area (Å²) in [6.45, 7) is 0. The maximum Gasteiger partial charge on any atom is 0.307 e. The van der Waals surface area contributed by atoms with E-state index in [-0.39, 0.29) is 22.9 Å². The molecule has 1 amide bonds. The molecule has 4 heterocycles. The number of hydrogen-bond donors (Lipinski definition) is 1. The highest BCUT2D eigenvalue weighted by atomic mass is 16.3. The fourth-order valence-electron chi connectivity index (χ4n) is 6.73. The Bertz CT molecular complexity index is 1870. The van der Waals surface area contributed by atoms with Crippen molar-refractivity contribution in [2.24, 2.45) is 4.99 Å². The van der Waals surface area contributed by atoms with E-state index in [1.165, 1.54) is 12.5 Å². The second-order valence-corrected chi connectivity index (χ2v) is 11.2. The first kappa shape index (κ1) is 25.0. The number of para-hydroxylation sites is 1. The summed E-state index contributed by atoms with van der Waals surface area (Å²) < 4.78 is 7.47. The van der Waals surface area contributed by atoms with Crippen molar-refractivity contribution >= 4 is 40.0 Å². The summed E-state index contributed by atoms with van der Waals surface area (Å²) in [6.07, 6.45) is 18.4. The topological polar surface area (TPSA) is 114 Å². The molecular formula is C31H28N8O2. The molecule has 0 saturated heterocycles. The quantitative estimate of drug-likeness (QED) is 0.188. The molecule has 5 aromatic rings. The smallest absolute Gasteiger partial charge is 0.307 e. The Balaban J connectivity index is 1.42. The van der Waals surface area contributed by atoms with Gasteiger partial charge >= 0.3 is 5.91 Å². The zero-order chi connectivity index (χ0) is 28.2. The SMILES string of the molecule is C#Cc1c(-c2cnc3ccccc3c2)c2c(N=CN(C)C)ncnc2n1C12CCC(NC(=O)c3ncco3)(CC1)C2. The lowest BCUT2D eigenvalue weighted by molar-refractivity contribution is 0.0865. The number of terminal acetylenes is 1. The van der Waals surface area contributed by atoms with E-state index in [2.05, 4.69) is 31.8 Å². The van der Waals surface area contributed by atoms with Gasteiger partial charge in [-0.3, -0.25) is 9.78 Å². The van der Waals surface area contributed by atoms with Crippen molar-refractivity contribution in [3.63, 3.8) is 0 Å². The van der Waals surface area contributed by atoms with Crippen molar-refractivity contribution in [3.8, 4) is 23.5 Å². The molecule has 2 saturated carbocycles. The summed E-state index contributed by atoms with van der Waals surface area (Å²) in [5, 5.41) is 5.04. The van der Waals surface area contributed by atoms with Gasteiger partial charge in [0.05, 0.1) is 23.4 Å². The van der Waals surface area contributed by atoms with Crippen LogP contribution in [0, 0.1) is 12.3 Å². The summed E-state index contributed by atoms with van der Waals surface area (Å²) in [4.78, 5) is 37.6. The van der Waals surface area contributed by atoms with E-state index in [4.69, 9.17) is 25.8 Å². The Morgan fingerprint density at radius 2 is 2.00 bits per heavy atom. The maximum atomic E-state index is 12.9. The van der Waals surface area contributed by atoms with Crippen LogP contribution < -0.4 is 5.32 Å². The first-order chi connectivity index (χ1) is 19.9. The molecule has 204 valence electrons. The number of carbonyl (C=O) groups is 1. The van der Waals surface area contributed by atoms with Crippen molar-refractivity contribution in [1.29, 1.82) is 0 Å². The maximum absolute atomic E-state index is 12.9. The number of carbonyl (C=O) groups excluding carboxylic acids is 1. The van der Waals surface area contributed by atoms with Gasteiger partial charge in [-0.15, -0.1) is 6.42 Å². The minimum atomic E-state index is -0.377. The van der Waals surface area contributed by atoms with Gasteiger partial charge < -0.3 is 19.2 Å². The van der Waals surface area contributed by atoms with E-state index in [0.29, 0.717) is 5.82 Å². The van der Waals surface area contributed by atoms with Crippen LogP contribution in [-0.4, -0.2) is 61.3 Å². The molecule has 0 radical (unpaired) electrons. The monoisotopic (exact) mass is 544 g/mol. The Hall–Kier alpha value is -5.04. The number of hydrogen-bond acceptors (Lipinski definition) is 7. The van der Waals surface area contributed by atoms with Crippen LogP contribution in [0.25, 0.3) is 33.1 Å². The fraction of sp³-hybridized carbons (Fsp3) is 0.290. The highest BCUT2D eigenvalue weighted by Gasteiger charge is 2.57. The lowest BCUT2D eigenvalue weighted by Crippen LogP contribution is -2.45. The van der Waals surface area contributed by atoms with Crippen LogP contribution in [0.15, 0.2) is 64.7 Å². The molecule has 4 aromatic heterocycles. The van der Waals surface area contributed by atoms with E-state index in [0.717, 1.165) is 70.9 Å². The molecule has 2 aliphatic rings. The summed E-state index contributed by atoms with van der Waals surface area (Å²) in [6, 6.07) is 10.1. The van der Waals surface area contributed by atoms with Crippen LogP contribution in [0.2, 0.25) is 0 Å². The number of nitrogens with zero attached hydrogens (tertiary/aromatic N) is 7. The third kappa shape index (κ3) is 3.96. The Morgan fingerprint density at radius 3 is 2.76 bits per heavy atom. The van der Waals surface area contributed by atoms with Gasteiger partial charge in [-0.05, 0) is 44.2 Å². The molecule has 41 heavy (non-hydrogen) atoms. The number of fused-ring (bicyclic) bond motifs is 4. The van der Waals surface area contributed by atoms with Gasteiger partial charge in [-0.1, -0.05) is 24.1 Å². The summed E-state index contributed by atoms with van der Waals surface area (Å²) >= 11 is 0. The molecule has 10 nitrogen and oxygen atoms in total. The average molecular weight is 545 g/mol. The number of aromatic nitrogens is 5. The van der Waals surface area contributed by atoms with Crippen LogP contribution in [0.1, 0.15) is 48.5 Å². The van der Waals surface area contributed by atoms with Gasteiger partial charge in [-0.2, -0.15) is 0 Å². The molecule has 0 atom stereocenters. The predicted molar refractivity (Wildman–Crippen MR) is 156 cm³/mol. The number of rotatable bonds is 6. The lowest BCUT2D eigenvalue weighted by atomic mass is 9.90. The van der Waals surface area contributed by atoms with Gasteiger partial charge in [0.2, 0.25) is 0 Å². The van der Waals surface area contributed by atoms with Crippen molar-refractivity contribution in [3.05, 3.63) is 66.9 Å². The minimum absolute atomic E-state index is 0.0710. The Morgan fingerprint density at radius 1 is 1.17 bits per heavy atom. The van der Waals surface area contributed by atoms with Gasteiger partial charge in [0.25, 0.3) is 5.89 Å². The number of amides is 1. The molecule has 0 unspecified atom stereocenters. The van der Waals surface area contributed by atoms with Crippen molar-refractivity contribution in [1.82, 2.24) is 34.7 Å². The summed E-state index contributed by atoms with van der Waals surface area (Å²) in [5.41, 5.74) is 3.37. The zero-order valence-corrected chi connectivity index (χ0v) is 22.8. The van der Waals surface area contributed by atoms with Crippen LogP contribution in [0.5, 0.6) is 0 Å². The molecular weight excluding hydrogens is 516 g/mol. The van der Waals surface area contributed by atoms with Crippen molar-refractivity contribution in [2.45, 2.75) is 43.2 Å². The Kier molecular flexibility index (Phi) is 5.64. The third-order valence-corrected chi connectivity index (χ3v) is 8.44. The van der Waals surface area contributed by atoms with Gasteiger partial charge in [-0.25, -0.2) is 19.9 Å². The number of oxazole rings is 1. The van der Waals surface area contributed by atoms with Crippen LogP contribution in [0.3, 0.4) is 0 Å². The number of aliphatic imine (C=N–C) groups is 1. The molecule has 1 aromatic carbocycles. The van der Waals surface area contributed by atoms with Crippen molar-refractivity contribution < 1.29 is 9.21 Å². The van der Waals surface area contributed by atoms with Crippen LogP contribution in [-0.2, 0) is 5.54 Å². The summed E-state index contributed by atoms with van der Waals surface area (Å²) in [5.74, 6) is 3.33. The molecule has 0 spiro atoms. The number of nitrogens with one attached hydrogen (secondary N) is 1. The van der Waals surface area contributed by atoms with E-state index in [1.807, 2.05) is 49.5 Å². The zero-order valence-electron chi connectivity index (χ0n) is 22.8. The third-order valence-electron chi connectivity index (χ3n) is 8.44. The molecule has 0 aliphatic heterocycles. The number of pyridine rings is 1. The van der Waals surface area contributed by atoms with E-state index in [1.54, 1.807) is 12.7 Å². The average Bonchev–Trinajstić information content (AvgIpc) is 3.77. The first-order valence-corrected chi connectivity index (χ1v) is 13.6.